The van der Waals surface area contributed by atoms with Crippen molar-refractivity contribution >= 4 is 29.0 Å². The quantitative estimate of drug-likeness (QED) is 0.299. The van der Waals surface area contributed by atoms with E-state index in [0.29, 0.717) is 35.2 Å². The Hall–Kier alpha value is -4.33. The topological polar surface area (TPSA) is 103 Å². The van der Waals surface area contributed by atoms with E-state index in [1.807, 2.05) is 42.5 Å². The van der Waals surface area contributed by atoms with E-state index in [0.717, 1.165) is 47.0 Å². The number of nitrogens with zero attached hydrogens (tertiary/aromatic N) is 2. The minimum atomic E-state index is -0.904. The minimum absolute atomic E-state index is 0.106. The van der Waals surface area contributed by atoms with Crippen molar-refractivity contribution in [3.05, 3.63) is 71.9 Å². The predicted octanol–water partition coefficient (Wildman–Crippen LogP) is 5.21. The first kappa shape index (κ1) is 23.4. The number of para-hydroxylation sites is 1. The van der Waals surface area contributed by atoms with E-state index in [4.69, 9.17) is 14.6 Å². The predicted molar refractivity (Wildman–Crippen MR) is 136 cm³/mol. The minimum Gasteiger partial charge on any atom is -0.496 e. The van der Waals surface area contributed by atoms with E-state index in [1.165, 1.54) is 0 Å². The van der Waals surface area contributed by atoms with Gasteiger partial charge in [-0.15, -0.1) is 0 Å². The van der Waals surface area contributed by atoms with Crippen molar-refractivity contribution in [2.45, 2.75) is 38.3 Å². The second-order valence-corrected chi connectivity index (χ2v) is 8.86. The third-order valence-electron chi connectivity index (χ3n) is 6.62. The van der Waals surface area contributed by atoms with Gasteiger partial charge in [-0.2, -0.15) is 5.10 Å². The Bertz CT molecular complexity index is 1420. The number of ether oxygens (including phenoxy) is 2. The highest BCUT2D eigenvalue weighted by atomic mass is 16.5. The summed E-state index contributed by atoms with van der Waals surface area (Å²) in [5.74, 6) is 0.332. The van der Waals surface area contributed by atoms with E-state index in [2.05, 4.69) is 16.1 Å². The number of nitrogens with one attached hydrogen (secondary N) is 1. The van der Waals surface area contributed by atoms with Gasteiger partial charge in [0.05, 0.1) is 30.8 Å². The van der Waals surface area contributed by atoms with Gasteiger partial charge in [-0.1, -0.05) is 30.3 Å². The first-order valence-electron chi connectivity index (χ1n) is 11.9. The molecule has 0 spiro atoms. The summed E-state index contributed by atoms with van der Waals surface area (Å²) >= 11 is 0. The van der Waals surface area contributed by atoms with Crippen molar-refractivity contribution < 1.29 is 24.2 Å². The average Bonchev–Trinajstić information content (AvgIpc) is 3.18. The summed E-state index contributed by atoms with van der Waals surface area (Å²) < 4.78 is 14.0. The fourth-order valence-corrected chi connectivity index (χ4v) is 4.60. The standard InChI is InChI=1S/C28H27N3O5/c1-35-27-15-24-23(14-22(27)18-7-4-8-20(12-18)29-17-32)25(31(30-24)21-9-5-10-21)16-36-26-11-3-2-6-19(26)13-28(33)34/h2-4,6-8,11-12,14-15,17,21H,5,9-10,13,16H2,1H3,(H,29,32)(H,33,34). The molecular formula is C28H27N3O5. The molecule has 1 fully saturated rings. The van der Waals surface area contributed by atoms with E-state index in [-0.39, 0.29) is 13.0 Å². The number of aromatic nitrogens is 2. The molecule has 8 nitrogen and oxygen atoms in total. The molecule has 2 N–H and O–H groups in total. The highest BCUT2D eigenvalue weighted by molar-refractivity contribution is 5.91. The summed E-state index contributed by atoms with van der Waals surface area (Å²) in [5.41, 5.74) is 4.84. The molecule has 1 aromatic heterocycles. The second kappa shape index (κ2) is 10.1. The van der Waals surface area contributed by atoms with Crippen LogP contribution in [0.4, 0.5) is 5.69 Å². The lowest BCUT2D eigenvalue weighted by Gasteiger charge is -2.27. The fourth-order valence-electron chi connectivity index (χ4n) is 4.60. The van der Waals surface area contributed by atoms with Crippen LogP contribution in [-0.4, -0.2) is 34.4 Å². The number of benzene rings is 3. The van der Waals surface area contributed by atoms with Gasteiger partial charge >= 0.3 is 5.97 Å². The number of carbonyl (C=O) groups is 2. The number of rotatable bonds is 10. The number of methoxy groups -OCH3 is 1. The Balaban J connectivity index is 1.58. The molecule has 0 aliphatic heterocycles. The van der Waals surface area contributed by atoms with Gasteiger partial charge in [0.15, 0.2) is 0 Å². The first-order chi connectivity index (χ1) is 17.6. The van der Waals surface area contributed by atoms with E-state index in [9.17, 15) is 14.7 Å². The smallest absolute Gasteiger partial charge is 0.307 e. The monoisotopic (exact) mass is 485 g/mol. The number of aliphatic carboxylic acids is 1. The van der Waals surface area contributed by atoms with Gasteiger partial charge in [-0.05, 0) is 49.1 Å². The molecule has 0 atom stereocenters. The van der Waals surface area contributed by atoms with Crippen LogP contribution in [0, 0.1) is 0 Å². The molecule has 0 unspecified atom stereocenters. The number of carboxylic acids is 1. The Kier molecular flexibility index (Phi) is 6.58. The largest absolute Gasteiger partial charge is 0.496 e. The summed E-state index contributed by atoms with van der Waals surface area (Å²) in [7, 11) is 1.63. The molecule has 1 amide bonds. The number of carbonyl (C=O) groups excluding carboxylic acids is 1. The molecule has 1 heterocycles. The molecule has 0 saturated heterocycles. The third-order valence-corrected chi connectivity index (χ3v) is 6.62. The van der Waals surface area contributed by atoms with Gasteiger partial charge < -0.3 is 19.9 Å². The van der Waals surface area contributed by atoms with Crippen LogP contribution in [0.3, 0.4) is 0 Å². The molecule has 0 bridgehead atoms. The Morgan fingerprint density at radius 3 is 2.69 bits per heavy atom. The summed E-state index contributed by atoms with van der Waals surface area (Å²) in [4.78, 5) is 22.3. The van der Waals surface area contributed by atoms with Crippen LogP contribution in [0.1, 0.15) is 36.6 Å². The zero-order chi connectivity index (χ0) is 25.1. The van der Waals surface area contributed by atoms with Gasteiger partial charge in [0.2, 0.25) is 6.41 Å². The lowest BCUT2D eigenvalue weighted by Crippen LogP contribution is -2.21. The van der Waals surface area contributed by atoms with Crippen LogP contribution < -0.4 is 14.8 Å². The number of hydrogen-bond donors (Lipinski definition) is 2. The van der Waals surface area contributed by atoms with Gasteiger partial charge in [-0.3, -0.25) is 14.3 Å². The zero-order valence-electron chi connectivity index (χ0n) is 19.9. The Morgan fingerprint density at radius 2 is 1.97 bits per heavy atom. The van der Waals surface area contributed by atoms with Crippen molar-refractivity contribution in [2.24, 2.45) is 0 Å². The maximum Gasteiger partial charge on any atom is 0.307 e. The fraction of sp³-hybridized carbons (Fsp3) is 0.250. The van der Waals surface area contributed by atoms with Crippen molar-refractivity contribution in [2.75, 3.05) is 12.4 Å². The Labute approximate surface area is 208 Å². The normalized spacial score (nSPS) is 13.2. The molecule has 184 valence electrons. The van der Waals surface area contributed by atoms with Gasteiger partial charge in [0.25, 0.3) is 0 Å². The summed E-state index contributed by atoms with van der Waals surface area (Å²) in [5, 5.41) is 17.8. The second-order valence-electron chi connectivity index (χ2n) is 8.86. The molecule has 1 aliphatic carbocycles. The first-order valence-corrected chi connectivity index (χ1v) is 11.9. The molecular weight excluding hydrogens is 458 g/mol. The van der Waals surface area contributed by atoms with Crippen LogP contribution in [0.2, 0.25) is 0 Å². The van der Waals surface area contributed by atoms with Gasteiger partial charge in [-0.25, -0.2) is 0 Å². The number of amides is 1. The maximum absolute atomic E-state index is 11.3. The van der Waals surface area contributed by atoms with Crippen LogP contribution in [-0.2, 0) is 22.6 Å². The van der Waals surface area contributed by atoms with Gasteiger partial charge in [0.1, 0.15) is 18.1 Å². The molecule has 4 aromatic rings. The number of carboxylic acid groups (broad SMARTS) is 1. The van der Waals surface area contributed by atoms with Crippen molar-refractivity contribution in [1.82, 2.24) is 9.78 Å². The zero-order valence-corrected chi connectivity index (χ0v) is 19.9. The van der Waals surface area contributed by atoms with E-state index in [1.54, 1.807) is 19.2 Å². The van der Waals surface area contributed by atoms with Crippen LogP contribution in [0.5, 0.6) is 11.5 Å². The van der Waals surface area contributed by atoms with Crippen molar-refractivity contribution in [3.8, 4) is 22.6 Å². The summed E-state index contributed by atoms with van der Waals surface area (Å²) in [6, 6.07) is 19.1. The van der Waals surface area contributed by atoms with Gasteiger partial charge in [0, 0.05) is 28.3 Å². The number of hydrogen-bond acceptors (Lipinski definition) is 5. The highest BCUT2D eigenvalue weighted by Crippen LogP contribution is 2.39. The molecule has 8 heteroatoms. The Morgan fingerprint density at radius 1 is 1.14 bits per heavy atom. The molecule has 0 radical (unpaired) electrons. The van der Waals surface area contributed by atoms with Crippen LogP contribution >= 0.6 is 0 Å². The lowest BCUT2D eigenvalue weighted by molar-refractivity contribution is -0.136. The summed E-state index contributed by atoms with van der Waals surface area (Å²) in [6.07, 6.45) is 3.82. The summed E-state index contributed by atoms with van der Waals surface area (Å²) in [6.45, 7) is 0.252. The lowest BCUT2D eigenvalue weighted by atomic mass is 9.93. The van der Waals surface area contributed by atoms with Crippen molar-refractivity contribution in [3.63, 3.8) is 0 Å². The SMILES string of the molecule is COc1cc2nn(C3CCC3)c(COc3ccccc3CC(=O)O)c2cc1-c1cccc(NC=O)c1. The van der Waals surface area contributed by atoms with Crippen LogP contribution in [0.25, 0.3) is 22.0 Å². The van der Waals surface area contributed by atoms with Crippen molar-refractivity contribution in [1.29, 1.82) is 0 Å². The molecule has 3 aromatic carbocycles. The maximum atomic E-state index is 11.3. The molecule has 1 saturated carbocycles. The third kappa shape index (κ3) is 4.62. The molecule has 1 aliphatic rings. The molecule has 5 rings (SSSR count). The average molecular weight is 486 g/mol. The highest BCUT2D eigenvalue weighted by Gasteiger charge is 2.26. The van der Waals surface area contributed by atoms with E-state index >= 15 is 0 Å². The van der Waals surface area contributed by atoms with E-state index < -0.39 is 5.97 Å². The number of fused-ring (bicyclic) bond motifs is 1. The molecule has 36 heavy (non-hydrogen) atoms. The number of anilines is 1. The van der Waals surface area contributed by atoms with Crippen LogP contribution in [0.15, 0.2) is 60.7 Å².